The minimum atomic E-state index is -0.825. The lowest BCUT2D eigenvalue weighted by molar-refractivity contribution is -0.136. The van der Waals surface area contributed by atoms with Gasteiger partial charge in [0.25, 0.3) is 0 Å². The van der Waals surface area contributed by atoms with Crippen LogP contribution in [0.15, 0.2) is 24.3 Å². The molecule has 0 aliphatic heterocycles. The molecule has 0 bridgehead atoms. The van der Waals surface area contributed by atoms with Crippen LogP contribution >= 0.6 is 11.8 Å². The van der Waals surface area contributed by atoms with Crippen LogP contribution in [0.25, 0.3) is 0 Å². The van der Waals surface area contributed by atoms with Crippen molar-refractivity contribution in [3.63, 3.8) is 0 Å². The lowest BCUT2D eigenvalue weighted by Crippen LogP contribution is -2.30. The fourth-order valence-corrected chi connectivity index (χ4v) is 2.09. The number of hydrogen-bond acceptors (Lipinski definition) is 3. The molecule has 116 valence electrons. The molecule has 2 amide bonds. The molecule has 0 radical (unpaired) electrons. The molecule has 5 nitrogen and oxygen atoms in total. The lowest BCUT2D eigenvalue weighted by Gasteiger charge is -2.11. The zero-order chi connectivity index (χ0) is 15.7. The van der Waals surface area contributed by atoms with E-state index in [9.17, 15) is 9.59 Å². The van der Waals surface area contributed by atoms with Crippen molar-refractivity contribution >= 4 is 29.4 Å². The first-order chi connectivity index (χ1) is 10.0. The van der Waals surface area contributed by atoms with Gasteiger partial charge in [-0.05, 0) is 36.8 Å². The van der Waals surface area contributed by atoms with Crippen molar-refractivity contribution in [3.8, 4) is 0 Å². The summed E-state index contributed by atoms with van der Waals surface area (Å²) in [5.74, 6) is -0.825. The van der Waals surface area contributed by atoms with Crippen molar-refractivity contribution in [1.82, 2.24) is 5.32 Å². The minimum Gasteiger partial charge on any atom is -0.481 e. The first-order valence-corrected chi connectivity index (χ1v) is 8.18. The summed E-state index contributed by atoms with van der Waals surface area (Å²) in [6, 6.07) is 7.01. The van der Waals surface area contributed by atoms with Gasteiger partial charge in [-0.15, -0.1) is 0 Å². The van der Waals surface area contributed by atoms with E-state index in [0.29, 0.717) is 23.9 Å². The predicted molar refractivity (Wildman–Crippen MR) is 87.0 cm³/mol. The Kier molecular flexibility index (Phi) is 7.68. The van der Waals surface area contributed by atoms with Gasteiger partial charge in [-0.25, -0.2) is 4.79 Å². The first-order valence-electron chi connectivity index (χ1n) is 6.89. The number of amides is 2. The molecule has 1 aromatic carbocycles. The monoisotopic (exact) mass is 310 g/mol. The number of nitrogens with one attached hydrogen (secondary N) is 2. The SMILES string of the molecule is CSC(C)CCNC(=O)Nc1cccc(CCC(=O)O)c1. The van der Waals surface area contributed by atoms with Crippen LogP contribution < -0.4 is 10.6 Å². The van der Waals surface area contributed by atoms with Crippen LogP contribution in [-0.2, 0) is 11.2 Å². The summed E-state index contributed by atoms with van der Waals surface area (Å²) in [5, 5.41) is 14.8. The third kappa shape index (κ3) is 7.60. The average molecular weight is 310 g/mol. The van der Waals surface area contributed by atoms with Gasteiger partial charge in [-0.2, -0.15) is 11.8 Å². The van der Waals surface area contributed by atoms with Crippen molar-refractivity contribution in [1.29, 1.82) is 0 Å². The van der Waals surface area contributed by atoms with Crippen LogP contribution in [0.4, 0.5) is 10.5 Å². The maximum Gasteiger partial charge on any atom is 0.319 e. The highest BCUT2D eigenvalue weighted by Crippen LogP contribution is 2.12. The van der Waals surface area contributed by atoms with Crippen molar-refractivity contribution in [2.24, 2.45) is 0 Å². The summed E-state index contributed by atoms with van der Waals surface area (Å²) < 4.78 is 0. The number of anilines is 1. The lowest BCUT2D eigenvalue weighted by atomic mass is 10.1. The van der Waals surface area contributed by atoms with E-state index in [1.54, 1.807) is 23.9 Å². The quantitative estimate of drug-likeness (QED) is 0.690. The molecule has 0 fully saturated rings. The van der Waals surface area contributed by atoms with E-state index in [1.165, 1.54) is 0 Å². The molecule has 0 saturated carbocycles. The molecule has 6 heteroatoms. The second-order valence-electron chi connectivity index (χ2n) is 4.81. The number of carboxylic acid groups (broad SMARTS) is 1. The van der Waals surface area contributed by atoms with Crippen LogP contribution in [0.3, 0.4) is 0 Å². The minimum absolute atomic E-state index is 0.0855. The van der Waals surface area contributed by atoms with Crippen LogP contribution in [0.1, 0.15) is 25.3 Å². The summed E-state index contributed by atoms with van der Waals surface area (Å²) in [4.78, 5) is 22.3. The topological polar surface area (TPSA) is 78.4 Å². The third-order valence-electron chi connectivity index (χ3n) is 3.05. The van der Waals surface area contributed by atoms with Gasteiger partial charge < -0.3 is 15.7 Å². The average Bonchev–Trinajstić information content (AvgIpc) is 2.45. The molecule has 21 heavy (non-hydrogen) atoms. The summed E-state index contributed by atoms with van der Waals surface area (Å²) in [7, 11) is 0. The second kappa shape index (κ2) is 9.28. The van der Waals surface area contributed by atoms with E-state index in [0.717, 1.165) is 12.0 Å². The summed E-state index contributed by atoms with van der Waals surface area (Å²) in [6.45, 7) is 2.75. The Labute approximate surface area is 129 Å². The van der Waals surface area contributed by atoms with Gasteiger partial charge >= 0.3 is 12.0 Å². The number of aryl methyl sites for hydroxylation is 1. The molecular weight excluding hydrogens is 288 g/mol. The summed E-state index contributed by atoms with van der Waals surface area (Å²) >= 11 is 1.77. The molecule has 1 aromatic rings. The standard InChI is InChI=1S/C15H22N2O3S/c1-11(21-2)8-9-16-15(20)17-13-5-3-4-12(10-13)6-7-14(18)19/h3-5,10-11H,6-9H2,1-2H3,(H,18,19)(H2,16,17,20). The zero-order valence-corrected chi connectivity index (χ0v) is 13.2. The molecule has 1 unspecified atom stereocenters. The van der Waals surface area contributed by atoms with Crippen molar-refractivity contribution in [2.75, 3.05) is 18.1 Å². The Balaban J connectivity index is 2.41. The van der Waals surface area contributed by atoms with Gasteiger partial charge in [0.1, 0.15) is 0 Å². The third-order valence-corrected chi connectivity index (χ3v) is 4.09. The number of aliphatic carboxylic acids is 1. The molecule has 0 aromatic heterocycles. The van der Waals surface area contributed by atoms with E-state index in [-0.39, 0.29) is 12.5 Å². The Morgan fingerprint density at radius 1 is 1.38 bits per heavy atom. The van der Waals surface area contributed by atoms with Crippen molar-refractivity contribution in [2.45, 2.75) is 31.4 Å². The number of carbonyl (C=O) groups excluding carboxylic acids is 1. The number of benzene rings is 1. The largest absolute Gasteiger partial charge is 0.481 e. The van der Waals surface area contributed by atoms with Gasteiger partial charge in [0.15, 0.2) is 0 Å². The zero-order valence-electron chi connectivity index (χ0n) is 12.4. The molecular formula is C15H22N2O3S. The Bertz CT molecular complexity index is 480. The smallest absolute Gasteiger partial charge is 0.319 e. The molecule has 3 N–H and O–H groups in total. The molecule has 0 heterocycles. The van der Waals surface area contributed by atoms with E-state index in [1.807, 2.05) is 18.4 Å². The number of hydrogen-bond donors (Lipinski definition) is 3. The highest BCUT2D eigenvalue weighted by Gasteiger charge is 2.05. The number of carbonyl (C=O) groups is 2. The molecule has 0 saturated heterocycles. The maximum atomic E-state index is 11.7. The van der Waals surface area contributed by atoms with Crippen LogP contribution in [0.2, 0.25) is 0 Å². The summed E-state index contributed by atoms with van der Waals surface area (Å²) in [6.07, 6.45) is 3.51. The molecule has 0 spiro atoms. The van der Waals surface area contributed by atoms with Gasteiger partial charge in [-0.3, -0.25) is 4.79 Å². The van der Waals surface area contributed by atoms with E-state index >= 15 is 0 Å². The van der Waals surface area contributed by atoms with E-state index in [2.05, 4.69) is 17.6 Å². The van der Waals surface area contributed by atoms with E-state index in [4.69, 9.17) is 5.11 Å². The number of thioether (sulfide) groups is 1. The normalized spacial score (nSPS) is 11.7. The highest BCUT2D eigenvalue weighted by atomic mass is 32.2. The van der Waals surface area contributed by atoms with Gasteiger partial charge in [0, 0.05) is 23.9 Å². The van der Waals surface area contributed by atoms with Gasteiger partial charge in [0.05, 0.1) is 0 Å². The van der Waals surface area contributed by atoms with Crippen LogP contribution in [0.5, 0.6) is 0 Å². The Hall–Kier alpha value is -1.69. The van der Waals surface area contributed by atoms with Crippen LogP contribution in [-0.4, -0.2) is 35.2 Å². The fourth-order valence-electron chi connectivity index (χ4n) is 1.74. The number of rotatable bonds is 8. The molecule has 1 atom stereocenters. The van der Waals surface area contributed by atoms with Crippen molar-refractivity contribution in [3.05, 3.63) is 29.8 Å². The fraction of sp³-hybridized carbons (Fsp3) is 0.467. The van der Waals surface area contributed by atoms with E-state index < -0.39 is 5.97 Å². The molecule has 0 aliphatic carbocycles. The highest BCUT2D eigenvalue weighted by molar-refractivity contribution is 7.99. The van der Waals surface area contributed by atoms with Gasteiger partial charge in [-0.1, -0.05) is 19.1 Å². The second-order valence-corrected chi connectivity index (χ2v) is 6.09. The first kappa shape index (κ1) is 17.4. The maximum absolute atomic E-state index is 11.7. The number of urea groups is 1. The molecule has 0 aliphatic rings. The summed E-state index contributed by atoms with van der Waals surface area (Å²) in [5.41, 5.74) is 1.57. The Morgan fingerprint density at radius 2 is 2.14 bits per heavy atom. The number of carboxylic acids is 1. The Morgan fingerprint density at radius 3 is 2.81 bits per heavy atom. The van der Waals surface area contributed by atoms with Gasteiger partial charge in [0.2, 0.25) is 0 Å². The predicted octanol–water partition coefficient (Wildman–Crippen LogP) is 2.97. The van der Waals surface area contributed by atoms with Crippen LogP contribution in [0, 0.1) is 0 Å². The molecule has 1 rings (SSSR count). The van der Waals surface area contributed by atoms with Crippen molar-refractivity contribution < 1.29 is 14.7 Å².